The molecule has 0 bridgehead atoms. The molecule has 0 aliphatic carbocycles. The predicted molar refractivity (Wildman–Crippen MR) is 108 cm³/mol. The van der Waals surface area contributed by atoms with Gasteiger partial charge in [-0.1, -0.05) is 29.8 Å². The van der Waals surface area contributed by atoms with Crippen LogP contribution in [-0.4, -0.2) is 26.5 Å². The number of carboxylic acids is 1. The number of hydrogen-bond acceptors (Lipinski definition) is 5. The molecule has 2 heterocycles. The molecule has 1 aromatic carbocycles. The Labute approximate surface area is 165 Å². The Balaban J connectivity index is 2.06. The molecule has 0 aliphatic rings. The Morgan fingerprint density at radius 1 is 1.21 bits per heavy atom. The van der Waals surface area contributed by atoms with Crippen molar-refractivity contribution in [3.05, 3.63) is 62.0 Å². The molecule has 8 heteroatoms. The Hall–Kier alpha value is -3.00. The molecule has 2 aromatic heterocycles. The summed E-state index contributed by atoms with van der Waals surface area (Å²) in [6, 6.07) is 6.79. The lowest BCUT2D eigenvalue weighted by molar-refractivity contribution is -0.141. The second-order valence-electron chi connectivity index (χ2n) is 6.81. The average Bonchev–Trinajstić information content (AvgIpc) is 2.95. The fourth-order valence-electron chi connectivity index (χ4n) is 3.32. The summed E-state index contributed by atoms with van der Waals surface area (Å²) in [6.07, 6.45) is 0.758. The molecule has 3 aromatic rings. The summed E-state index contributed by atoms with van der Waals surface area (Å²) in [7, 11) is 0. The summed E-state index contributed by atoms with van der Waals surface area (Å²) in [4.78, 5) is 41.7. The third-order valence-electron chi connectivity index (χ3n) is 4.82. The van der Waals surface area contributed by atoms with Gasteiger partial charge in [-0.2, -0.15) is 0 Å². The number of carbonyl (C=O) groups is 2. The first kappa shape index (κ1) is 19.8. The van der Waals surface area contributed by atoms with Gasteiger partial charge < -0.3 is 10.8 Å². The highest BCUT2D eigenvalue weighted by Gasteiger charge is 2.26. The van der Waals surface area contributed by atoms with E-state index >= 15 is 0 Å². The molecule has 3 N–H and O–H groups in total. The van der Waals surface area contributed by atoms with Crippen LogP contribution in [0.25, 0.3) is 10.2 Å². The van der Waals surface area contributed by atoms with E-state index in [2.05, 4.69) is 4.98 Å². The molecule has 28 heavy (non-hydrogen) atoms. The number of hydrogen-bond donors (Lipinski definition) is 2. The molecular weight excluding hydrogens is 378 g/mol. The molecular formula is C20H21N3O4S. The molecule has 146 valence electrons. The number of carboxylic acid groups (broad SMARTS) is 1. The summed E-state index contributed by atoms with van der Waals surface area (Å²) in [5.41, 5.74) is 7.49. The lowest BCUT2D eigenvalue weighted by Crippen LogP contribution is -2.33. The summed E-state index contributed by atoms with van der Waals surface area (Å²) < 4.78 is 1.21. The van der Waals surface area contributed by atoms with E-state index < -0.39 is 23.5 Å². The zero-order chi connectivity index (χ0) is 20.6. The number of nitrogens with two attached hydrogens (primary N) is 1. The Morgan fingerprint density at radius 3 is 2.43 bits per heavy atom. The van der Waals surface area contributed by atoms with E-state index in [4.69, 9.17) is 5.73 Å². The van der Waals surface area contributed by atoms with E-state index in [-0.39, 0.29) is 16.7 Å². The van der Waals surface area contributed by atoms with Gasteiger partial charge in [-0.25, -0.2) is 9.78 Å². The summed E-state index contributed by atoms with van der Waals surface area (Å²) >= 11 is 1.05. The minimum Gasteiger partial charge on any atom is -0.480 e. The van der Waals surface area contributed by atoms with Crippen LogP contribution in [0, 0.1) is 20.8 Å². The van der Waals surface area contributed by atoms with Gasteiger partial charge in [0.1, 0.15) is 16.7 Å². The highest BCUT2D eigenvalue weighted by Crippen LogP contribution is 2.28. The van der Waals surface area contributed by atoms with Crippen molar-refractivity contribution in [1.82, 2.24) is 9.55 Å². The fraction of sp³-hybridized carbons (Fsp3) is 0.300. The van der Waals surface area contributed by atoms with Gasteiger partial charge in [0.2, 0.25) is 0 Å². The van der Waals surface area contributed by atoms with Crippen LogP contribution in [0.3, 0.4) is 0 Å². The standard InChI is InChI=1S/C20H21N3O4S/c1-10-4-6-13(7-5-10)8-9-14(20(26)27)23-12(3)22-18-15(19(23)25)11(2)16(28-18)17(21)24/h4-7,14H,8-9H2,1-3H3,(H2,21,24)(H,26,27). The normalized spacial score (nSPS) is 12.2. The van der Waals surface area contributed by atoms with E-state index in [1.807, 2.05) is 31.2 Å². The zero-order valence-corrected chi connectivity index (χ0v) is 16.7. The van der Waals surface area contributed by atoms with Gasteiger partial charge in [0.15, 0.2) is 0 Å². The van der Waals surface area contributed by atoms with Crippen LogP contribution in [0.4, 0.5) is 0 Å². The van der Waals surface area contributed by atoms with Crippen LogP contribution < -0.4 is 11.3 Å². The number of aryl methyl sites for hydroxylation is 4. The minimum absolute atomic E-state index is 0.248. The van der Waals surface area contributed by atoms with Crippen molar-refractivity contribution in [3.63, 3.8) is 0 Å². The quantitative estimate of drug-likeness (QED) is 0.661. The van der Waals surface area contributed by atoms with Crippen molar-refractivity contribution in [1.29, 1.82) is 0 Å². The number of nitrogens with zero attached hydrogens (tertiary/aromatic N) is 2. The number of benzene rings is 1. The van der Waals surface area contributed by atoms with Gasteiger partial charge in [0, 0.05) is 0 Å². The molecule has 7 nitrogen and oxygen atoms in total. The minimum atomic E-state index is -1.10. The molecule has 1 amide bonds. The fourth-order valence-corrected chi connectivity index (χ4v) is 4.39. The average molecular weight is 399 g/mol. The molecule has 0 spiro atoms. The molecule has 0 aliphatic heterocycles. The van der Waals surface area contributed by atoms with Crippen molar-refractivity contribution in [2.24, 2.45) is 5.73 Å². The van der Waals surface area contributed by atoms with Gasteiger partial charge in [-0.05, 0) is 44.7 Å². The molecule has 3 rings (SSSR count). The Morgan fingerprint density at radius 2 is 1.86 bits per heavy atom. The maximum Gasteiger partial charge on any atom is 0.326 e. The first-order chi connectivity index (χ1) is 13.2. The Kier molecular flexibility index (Phi) is 5.33. The molecule has 0 saturated heterocycles. The number of aromatic nitrogens is 2. The molecule has 0 saturated carbocycles. The third kappa shape index (κ3) is 3.55. The van der Waals surface area contributed by atoms with Gasteiger partial charge in [0.05, 0.1) is 10.3 Å². The SMILES string of the molecule is Cc1ccc(CCC(C(=O)O)n2c(C)nc3sc(C(N)=O)c(C)c3c2=O)cc1. The van der Waals surface area contributed by atoms with Gasteiger partial charge in [-0.15, -0.1) is 11.3 Å². The maximum atomic E-state index is 13.1. The lowest BCUT2D eigenvalue weighted by atomic mass is 10.0. The first-order valence-corrected chi connectivity index (χ1v) is 9.62. The van der Waals surface area contributed by atoms with Crippen LogP contribution in [0.1, 0.15) is 44.6 Å². The van der Waals surface area contributed by atoms with E-state index in [0.717, 1.165) is 22.5 Å². The van der Waals surface area contributed by atoms with Crippen LogP contribution >= 0.6 is 11.3 Å². The number of fused-ring (bicyclic) bond motifs is 1. The number of primary amides is 1. The van der Waals surface area contributed by atoms with E-state index in [1.54, 1.807) is 13.8 Å². The second-order valence-corrected chi connectivity index (χ2v) is 7.81. The van der Waals surface area contributed by atoms with Crippen LogP contribution in [0.15, 0.2) is 29.1 Å². The van der Waals surface area contributed by atoms with Gasteiger partial charge in [0.25, 0.3) is 11.5 Å². The van der Waals surface area contributed by atoms with Crippen molar-refractivity contribution in [2.45, 2.75) is 39.7 Å². The first-order valence-electron chi connectivity index (χ1n) is 8.81. The van der Waals surface area contributed by atoms with Crippen molar-refractivity contribution in [2.75, 3.05) is 0 Å². The number of carbonyl (C=O) groups excluding carboxylic acids is 1. The molecule has 0 fully saturated rings. The van der Waals surface area contributed by atoms with Crippen molar-refractivity contribution < 1.29 is 14.7 Å². The van der Waals surface area contributed by atoms with Crippen LogP contribution in [0.2, 0.25) is 0 Å². The third-order valence-corrected chi connectivity index (χ3v) is 6.02. The highest BCUT2D eigenvalue weighted by atomic mass is 32.1. The lowest BCUT2D eigenvalue weighted by Gasteiger charge is -2.18. The van der Waals surface area contributed by atoms with E-state index in [0.29, 0.717) is 22.6 Å². The monoisotopic (exact) mass is 399 g/mol. The summed E-state index contributed by atoms with van der Waals surface area (Å²) in [5, 5.41) is 10.0. The van der Waals surface area contributed by atoms with Crippen LogP contribution in [-0.2, 0) is 11.2 Å². The number of rotatable bonds is 6. The summed E-state index contributed by atoms with van der Waals surface area (Å²) in [6.45, 7) is 5.21. The van der Waals surface area contributed by atoms with E-state index in [1.165, 1.54) is 4.57 Å². The molecule has 0 radical (unpaired) electrons. The van der Waals surface area contributed by atoms with E-state index in [9.17, 15) is 19.5 Å². The summed E-state index contributed by atoms with van der Waals surface area (Å²) in [5.74, 6) is -1.43. The number of amides is 1. The smallest absolute Gasteiger partial charge is 0.326 e. The van der Waals surface area contributed by atoms with Gasteiger partial charge >= 0.3 is 5.97 Å². The van der Waals surface area contributed by atoms with Crippen molar-refractivity contribution in [3.8, 4) is 0 Å². The molecule has 1 unspecified atom stereocenters. The predicted octanol–water partition coefficient (Wildman–Crippen LogP) is 2.74. The maximum absolute atomic E-state index is 13.1. The second kappa shape index (κ2) is 7.55. The van der Waals surface area contributed by atoms with Crippen LogP contribution in [0.5, 0.6) is 0 Å². The van der Waals surface area contributed by atoms with Crippen molar-refractivity contribution >= 4 is 33.4 Å². The zero-order valence-electron chi connectivity index (χ0n) is 15.9. The van der Waals surface area contributed by atoms with Gasteiger partial charge in [-0.3, -0.25) is 14.2 Å². The number of aliphatic carboxylic acids is 1. The largest absolute Gasteiger partial charge is 0.480 e. The number of thiophene rings is 1. The highest BCUT2D eigenvalue weighted by molar-refractivity contribution is 7.20. The Bertz CT molecular complexity index is 1130. The topological polar surface area (TPSA) is 115 Å². The molecule has 1 atom stereocenters.